The fourth-order valence-corrected chi connectivity index (χ4v) is 3.25. The van der Waals surface area contributed by atoms with E-state index in [-0.39, 0.29) is 12.0 Å². The van der Waals surface area contributed by atoms with Crippen molar-refractivity contribution in [2.24, 2.45) is 0 Å². The van der Waals surface area contributed by atoms with Crippen LogP contribution in [-0.2, 0) is 0 Å². The smallest absolute Gasteiger partial charge is 0.279 e. The van der Waals surface area contributed by atoms with E-state index >= 15 is 0 Å². The number of aryl methyl sites for hydroxylation is 1. The molecule has 27 heavy (non-hydrogen) atoms. The molecule has 0 aliphatic carbocycles. The SMILES string of the molecule is COc1ccc2c(c1)N(C(=O)c1nn(-c3ccccc3)cc1C)C[C@H](C)O2. The minimum Gasteiger partial charge on any atom is -0.497 e. The van der Waals surface area contributed by atoms with Crippen molar-refractivity contribution < 1.29 is 14.3 Å². The minimum absolute atomic E-state index is 0.105. The van der Waals surface area contributed by atoms with Crippen LogP contribution >= 0.6 is 0 Å². The van der Waals surface area contributed by atoms with Crippen LogP contribution < -0.4 is 14.4 Å². The highest BCUT2D eigenvalue weighted by Crippen LogP contribution is 2.37. The standard InChI is InChI=1S/C21H21N3O3/c1-14-12-24(16-7-5-4-6-8-16)22-20(14)21(25)23-13-15(2)27-19-10-9-17(26-3)11-18(19)23/h4-12,15H,13H2,1-3H3/t15-/m0/s1. The Morgan fingerprint density at radius 3 is 2.74 bits per heavy atom. The van der Waals surface area contributed by atoms with Gasteiger partial charge in [0, 0.05) is 17.8 Å². The Labute approximate surface area is 157 Å². The van der Waals surface area contributed by atoms with Crippen molar-refractivity contribution in [3.8, 4) is 17.2 Å². The molecule has 0 fully saturated rings. The predicted molar refractivity (Wildman–Crippen MR) is 103 cm³/mol. The van der Waals surface area contributed by atoms with Crippen molar-refractivity contribution in [3.05, 3.63) is 66.0 Å². The van der Waals surface area contributed by atoms with E-state index in [1.165, 1.54) is 0 Å². The number of nitrogens with zero attached hydrogens (tertiary/aromatic N) is 3. The van der Waals surface area contributed by atoms with Gasteiger partial charge in [-0.25, -0.2) is 4.68 Å². The Bertz CT molecular complexity index is 982. The highest BCUT2D eigenvalue weighted by molar-refractivity contribution is 6.07. The summed E-state index contributed by atoms with van der Waals surface area (Å²) in [5.41, 5.74) is 2.87. The van der Waals surface area contributed by atoms with E-state index in [9.17, 15) is 4.79 Å². The van der Waals surface area contributed by atoms with Gasteiger partial charge in [-0.15, -0.1) is 0 Å². The Kier molecular flexibility index (Phi) is 4.32. The molecule has 0 bridgehead atoms. The van der Waals surface area contributed by atoms with E-state index in [2.05, 4.69) is 5.10 Å². The topological polar surface area (TPSA) is 56.6 Å². The zero-order chi connectivity index (χ0) is 19.0. The number of carbonyl (C=O) groups is 1. The second kappa shape index (κ2) is 6.79. The molecule has 6 heteroatoms. The maximum absolute atomic E-state index is 13.3. The lowest BCUT2D eigenvalue weighted by molar-refractivity contribution is 0.0955. The number of hydrogen-bond acceptors (Lipinski definition) is 4. The van der Waals surface area contributed by atoms with Crippen LogP contribution in [0.4, 0.5) is 5.69 Å². The summed E-state index contributed by atoms with van der Waals surface area (Å²) in [5, 5.41) is 4.55. The Hall–Kier alpha value is -3.28. The number of carbonyl (C=O) groups excluding carboxylic acids is 1. The lowest BCUT2D eigenvalue weighted by Gasteiger charge is -2.33. The summed E-state index contributed by atoms with van der Waals surface area (Å²) >= 11 is 0. The van der Waals surface area contributed by atoms with E-state index < -0.39 is 0 Å². The van der Waals surface area contributed by atoms with Gasteiger partial charge in [0.25, 0.3) is 5.91 Å². The fourth-order valence-electron chi connectivity index (χ4n) is 3.25. The molecule has 4 rings (SSSR count). The highest BCUT2D eigenvalue weighted by atomic mass is 16.5. The molecule has 1 atom stereocenters. The number of rotatable bonds is 3. The van der Waals surface area contributed by atoms with Gasteiger partial charge < -0.3 is 9.47 Å². The molecule has 3 aromatic rings. The van der Waals surface area contributed by atoms with Crippen molar-refractivity contribution in [2.45, 2.75) is 20.0 Å². The third-order valence-corrected chi connectivity index (χ3v) is 4.59. The Morgan fingerprint density at radius 1 is 1.22 bits per heavy atom. The fraction of sp³-hybridized carbons (Fsp3) is 0.238. The van der Waals surface area contributed by atoms with Crippen LogP contribution in [-0.4, -0.2) is 35.4 Å². The molecule has 0 unspecified atom stereocenters. The largest absolute Gasteiger partial charge is 0.497 e. The first-order valence-corrected chi connectivity index (χ1v) is 8.85. The molecule has 0 saturated heterocycles. The molecule has 0 N–H and O–H groups in total. The van der Waals surface area contributed by atoms with Crippen LogP contribution in [0.3, 0.4) is 0 Å². The molecule has 2 aromatic carbocycles. The third-order valence-electron chi connectivity index (χ3n) is 4.59. The molecule has 6 nitrogen and oxygen atoms in total. The first-order chi connectivity index (χ1) is 13.1. The van der Waals surface area contributed by atoms with E-state index in [4.69, 9.17) is 9.47 Å². The molecule has 1 amide bonds. The highest BCUT2D eigenvalue weighted by Gasteiger charge is 2.31. The summed E-state index contributed by atoms with van der Waals surface area (Å²) in [6, 6.07) is 15.2. The first kappa shape index (κ1) is 17.1. The van der Waals surface area contributed by atoms with Gasteiger partial charge in [0.1, 0.15) is 17.6 Å². The third kappa shape index (κ3) is 3.14. The van der Waals surface area contributed by atoms with Crippen LogP contribution in [0.5, 0.6) is 11.5 Å². The number of benzene rings is 2. The number of amides is 1. The second-order valence-electron chi connectivity index (χ2n) is 6.62. The Balaban J connectivity index is 1.73. The molecule has 0 radical (unpaired) electrons. The molecule has 1 aliphatic rings. The van der Waals surface area contributed by atoms with Crippen molar-refractivity contribution in [1.82, 2.24) is 9.78 Å². The summed E-state index contributed by atoms with van der Waals surface area (Å²) in [6.07, 6.45) is 1.77. The zero-order valence-corrected chi connectivity index (χ0v) is 15.5. The van der Waals surface area contributed by atoms with Gasteiger partial charge in [0.15, 0.2) is 5.69 Å². The molecule has 2 heterocycles. The average molecular weight is 363 g/mol. The van der Waals surface area contributed by atoms with Crippen molar-refractivity contribution >= 4 is 11.6 Å². The van der Waals surface area contributed by atoms with Gasteiger partial charge >= 0.3 is 0 Å². The van der Waals surface area contributed by atoms with Gasteiger partial charge in [-0.3, -0.25) is 9.69 Å². The van der Waals surface area contributed by atoms with E-state index in [0.29, 0.717) is 29.4 Å². The van der Waals surface area contributed by atoms with Gasteiger partial charge in [-0.1, -0.05) is 18.2 Å². The quantitative estimate of drug-likeness (QED) is 0.713. The van der Waals surface area contributed by atoms with Gasteiger partial charge in [0.05, 0.1) is 25.0 Å². The van der Waals surface area contributed by atoms with E-state index in [1.54, 1.807) is 16.7 Å². The van der Waals surface area contributed by atoms with Crippen LogP contribution in [0.2, 0.25) is 0 Å². The first-order valence-electron chi connectivity index (χ1n) is 8.85. The lowest BCUT2D eigenvalue weighted by atomic mass is 10.1. The average Bonchev–Trinajstić information content (AvgIpc) is 3.09. The Morgan fingerprint density at radius 2 is 2.00 bits per heavy atom. The van der Waals surface area contributed by atoms with Crippen LogP contribution in [0, 0.1) is 6.92 Å². The predicted octanol–water partition coefficient (Wildman–Crippen LogP) is 3.62. The second-order valence-corrected chi connectivity index (χ2v) is 6.62. The number of methoxy groups -OCH3 is 1. The maximum Gasteiger partial charge on any atom is 0.279 e. The van der Waals surface area contributed by atoms with Crippen molar-refractivity contribution in [3.63, 3.8) is 0 Å². The molecular weight excluding hydrogens is 342 g/mol. The van der Waals surface area contributed by atoms with Crippen LogP contribution in [0.25, 0.3) is 5.69 Å². The number of ether oxygens (including phenoxy) is 2. The summed E-state index contributed by atoms with van der Waals surface area (Å²) in [6.45, 7) is 4.30. The number of hydrogen-bond donors (Lipinski definition) is 0. The molecule has 138 valence electrons. The summed E-state index contributed by atoms with van der Waals surface area (Å²) in [5.74, 6) is 1.20. The van der Waals surface area contributed by atoms with Crippen LogP contribution in [0.15, 0.2) is 54.7 Å². The summed E-state index contributed by atoms with van der Waals surface area (Å²) in [7, 11) is 1.60. The van der Waals surface area contributed by atoms with Gasteiger partial charge in [0.2, 0.25) is 0 Å². The van der Waals surface area contributed by atoms with Crippen molar-refractivity contribution in [1.29, 1.82) is 0 Å². The van der Waals surface area contributed by atoms with Gasteiger partial charge in [-0.05, 0) is 38.1 Å². The van der Waals surface area contributed by atoms with Crippen LogP contribution in [0.1, 0.15) is 23.0 Å². The lowest BCUT2D eigenvalue weighted by Crippen LogP contribution is -2.42. The van der Waals surface area contributed by atoms with Crippen molar-refractivity contribution in [2.75, 3.05) is 18.6 Å². The molecule has 0 saturated carbocycles. The maximum atomic E-state index is 13.3. The van der Waals surface area contributed by atoms with E-state index in [1.807, 2.05) is 68.6 Å². The minimum atomic E-state index is -0.146. The normalized spacial score (nSPS) is 15.8. The van der Waals surface area contributed by atoms with E-state index in [0.717, 1.165) is 11.3 Å². The molecule has 1 aromatic heterocycles. The molecule has 1 aliphatic heterocycles. The summed E-state index contributed by atoms with van der Waals surface area (Å²) < 4.78 is 12.9. The summed E-state index contributed by atoms with van der Waals surface area (Å²) in [4.78, 5) is 15.0. The van der Waals surface area contributed by atoms with Gasteiger partial charge in [-0.2, -0.15) is 5.10 Å². The monoisotopic (exact) mass is 363 g/mol. The number of anilines is 1. The molecule has 0 spiro atoms. The molecular formula is C21H21N3O3. The number of aromatic nitrogens is 2. The zero-order valence-electron chi connectivity index (χ0n) is 15.5. The number of fused-ring (bicyclic) bond motifs is 1. The number of para-hydroxylation sites is 1.